The average molecular weight is 1550 g/mol. The lowest BCUT2D eigenvalue weighted by Gasteiger charge is -2.57. The van der Waals surface area contributed by atoms with Crippen molar-refractivity contribution >= 4 is 169 Å². The fraction of sp³-hybridized carbons (Fsp3) is 0.0526. The molecule has 12 aromatic rings. The van der Waals surface area contributed by atoms with E-state index >= 15 is 0 Å². The predicted molar refractivity (Wildman–Crippen MR) is 426 cm³/mol. The zero-order chi connectivity index (χ0) is 69.6. The van der Waals surface area contributed by atoms with Gasteiger partial charge in [0.25, 0.3) is 0 Å². The summed E-state index contributed by atoms with van der Waals surface area (Å²) in [6, 6.07) is 120. The van der Waals surface area contributed by atoms with E-state index < -0.39 is 107 Å². The van der Waals surface area contributed by atoms with Crippen LogP contribution >= 0.6 is 0 Å². The monoisotopic (exact) mass is 1550 g/mol. The van der Waals surface area contributed by atoms with Crippen LogP contribution in [0.1, 0.15) is 0 Å². The van der Waals surface area contributed by atoms with E-state index in [0.29, 0.717) is 41.5 Å². The normalized spacial score (nSPS) is 26.9. The fourth-order valence-corrected chi connectivity index (χ4v) is 69.9. The van der Waals surface area contributed by atoms with Gasteiger partial charge in [0.05, 0.1) is 0 Å². The van der Waals surface area contributed by atoms with Crippen LogP contribution in [-0.2, 0) is 57.6 Å². The van der Waals surface area contributed by atoms with Gasteiger partial charge in [-0.3, -0.25) is 0 Å². The molecule has 0 radical (unpaired) electrons. The molecule has 0 aliphatic carbocycles. The summed E-state index contributed by atoms with van der Waals surface area (Å²) in [5.41, 5.74) is 0. The van der Waals surface area contributed by atoms with Crippen molar-refractivity contribution in [3.8, 4) is 0 Å². The van der Waals surface area contributed by atoms with E-state index in [2.05, 4.69) is 74.7 Å². The molecule has 4 unspecified atom stereocenters. The van der Waals surface area contributed by atoms with Gasteiger partial charge in [-0.25, -0.2) is 0 Å². The summed E-state index contributed by atoms with van der Waals surface area (Å²) in [7, 11) is -53.2. The first kappa shape index (κ1) is 70.4. The zero-order valence-corrected chi connectivity index (χ0v) is 69.3. The Hall–Kier alpha value is -7.32. The van der Waals surface area contributed by atoms with Gasteiger partial charge in [0, 0.05) is 41.5 Å². The minimum absolute atomic E-state index is 0.478. The quantitative estimate of drug-likeness (QED) is 0.0820. The second-order valence-electron chi connectivity index (χ2n) is 25.1. The molecule has 26 heteroatoms. The second kappa shape index (κ2) is 30.4. The van der Waals surface area contributed by atoms with Crippen molar-refractivity contribution in [3.63, 3.8) is 0 Å². The van der Waals surface area contributed by atoms with Crippen molar-refractivity contribution < 1.29 is 57.6 Å². The molecule has 512 valence electrons. The van der Waals surface area contributed by atoms with Crippen molar-refractivity contribution in [2.45, 2.75) is 26.2 Å². The molecule has 4 aliphatic rings. The van der Waals surface area contributed by atoms with Gasteiger partial charge < -0.3 is 57.6 Å². The molecule has 4 atom stereocenters. The summed E-state index contributed by atoms with van der Waals surface area (Å²) in [6.45, 7) is 8.55. The van der Waals surface area contributed by atoms with E-state index in [1.807, 2.05) is 315 Å². The van der Waals surface area contributed by atoms with Crippen LogP contribution in [0.15, 0.2) is 364 Å². The first-order chi connectivity index (χ1) is 49.9. The molecule has 4 heterocycles. The van der Waals surface area contributed by atoms with E-state index in [-0.39, 0.29) is 0 Å². The zero-order valence-electron chi connectivity index (χ0n) is 56.7. The van der Waals surface area contributed by atoms with Crippen LogP contribution in [0.3, 0.4) is 0 Å². The Kier molecular flexibility index (Phi) is 21.0. The van der Waals surface area contributed by atoms with Gasteiger partial charge in [0.2, 0.25) is 0 Å². The molecule has 4 bridgehead atoms. The third-order valence-electron chi connectivity index (χ3n) is 18.1. The van der Waals surface area contributed by atoms with Crippen molar-refractivity contribution in [1.29, 1.82) is 0 Å². The minimum atomic E-state index is -5.46. The molecular formula is C76H76O14Si12. The van der Waals surface area contributed by atoms with Gasteiger partial charge in [-0.1, -0.05) is 364 Å². The third kappa shape index (κ3) is 14.4. The maximum atomic E-state index is 9.07. The maximum absolute atomic E-state index is 9.07. The van der Waals surface area contributed by atoms with Gasteiger partial charge in [0.1, 0.15) is 0 Å². The van der Waals surface area contributed by atoms with Crippen molar-refractivity contribution in [3.05, 3.63) is 364 Å². The highest BCUT2D eigenvalue weighted by Crippen LogP contribution is 2.43. The van der Waals surface area contributed by atoms with E-state index in [0.717, 1.165) is 20.7 Å². The molecule has 0 amide bonds. The highest BCUT2D eigenvalue weighted by Gasteiger charge is 2.80. The van der Waals surface area contributed by atoms with Crippen LogP contribution in [0.5, 0.6) is 0 Å². The highest BCUT2D eigenvalue weighted by atomic mass is 28.6. The topological polar surface area (TPSA) is 129 Å². The number of fused-ring (bicyclic) bond motifs is 4. The van der Waals surface area contributed by atoms with E-state index in [9.17, 15) is 0 Å². The van der Waals surface area contributed by atoms with Crippen LogP contribution in [0.25, 0.3) is 0 Å². The Morgan fingerprint density at radius 1 is 0.167 bits per heavy atom. The molecule has 16 rings (SSSR count). The Balaban J connectivity index is 1.18. The number of hydrogen-bond acceptors (Lipinski definition) is 14. The van der Waals surface area contributed by atoms with Crippen LogP contribution in [0.2, 0.25) is 26.2 Å². The largest absolute Gasteiger partial charge is 0.515 e. The molecular weight excluding hydrogens is 1470 g/mol. The summed E-state index contributed by atoms with van der Waals surface area (Å²) in [5, 5.41) is 8.06. The van der Waals surface area contributed by atoms with E-state index in [1.54, 1.807) is 0 Å². The molecule has 14 nitrogen and oxygen atoms in total. The lowest BCUT2D eigenvalue weighted by Crippen LogP contribution is -2.90. The number of rotatable bonds is 20. The second-order valence-corrected chi connectivity index (χ2v) is 58.3. The standard InChI is InChI=1S/C76H76O14Si12/c1-91(65-41-17-5-18-42-65)77-95(69-49-25-9-26-50-69)81-99(73-57-33-13-34-58-73)83-96(70-51-27-10-28-52-70,78-92(2)66-43-19-6-20-44-66)84-100(82-95,74-59-35-14-36-60-74)90-102(76-63-39-16-40-64-76)86-97(71-53-29-11-30-54-71,79-93(3)67-45-21-7-22-46-67)85-101(89-99,75-61-37-15-38-62-75)87-98(88-102,72-55-31-12-32-56-72)80-94(4)68-47-23-8-24-48-68/h5-64,91-94H,1-4H3. The van der Waals surface area contributed by atoms with Gasteiger partial charge >= 0.3 is 70.4 Å². The first-order valence-electron chi connectivity index (χ1n) is 34.2. The average Bonchev–Trinajstić information content (AvgIpc) is 0.688. The van der Waals surface area contributed by atoms with Gasteiger partial charge in [0.15, 0.2) is 36.2 Å². The Bertz CT molecular complexity index is 4050. The predicted octanol–water partition coefficient (Wildman–Crippen LogP) is 6.07. The van der Waals surface area contributed by atoms with Crippen LogP contribution in [0, 0.1) is 0 Å². The van der Waals surface area contributed by atoms with Crippen molar-refractivity contribution in [2.24, 2.45) is 0 Å². The molecule has 0 saturated carbocycles. The van der Waals surface area contributed by atoms with Crippen LogP contribution in [0.4, 0.5) is 0 Å². The van der Waals surface area contributed by atoms with Crippen LogP contribution < -0.4 is 62.2 Å². The van der Waals surface area contributed by atoms with Gasteiger partial charge in [-0.2, -0.15) is 0 Å². The molecule has 4 fully saturated rings. The number of hydrogen-bond donors (Lipinski definition) is 0. The minimum Gasteiger partial charge on any atom is -0.411 e. The number of benzene rings is 12. The molecule has 12 aromatic carbocycles. The third-order valence-corrected chi connectivity index (χ3v) is 63.8. The molecule has 102 heavy (non-hydrogen) atoms. The SMILES string of the molecule is C[SiH](O[Si]1(c2ccccc2)O[Si]2(c3ccccc3)O[Si](O[SiH](C)c3ccccc3)(c3ccccc3)O[Si](c3ccccc3)(O1)O[Si]1(c3ccccc3)O[Si](O[SiH](C)c3ccccc3)(c3ccccc3)O[Si](c3ccccc3)(O[Si](O[SiH](C)c3ccccc3)(c3ccccc3)O1)O2)c1ccccc1. The van der Waals surface area contributed by atoms with Gasteiger partial charge in [-0.15, -0.1) is 0 Å². The van der Waals surface area contributed by atoms with Crippen LogP contribution in [-0.4, -0.2) is 107 Å². The summed E-state index contributed by atoms with van der Waals surface area (Å²) < 4.78 is 122. The summed E-state index contributed by atoms with van der Waals surface area (Å²) in [6.07, 6.45) is 0. The lowest BCUT2D eigenvalue weighted by atomic mass is 10.4. The Labute approximate surface area is 612 Å². The highest BCUT2D eigenvalue weighted by molar-refractivity contribution is 7.11. The van der Waals surface area contributed by atoms with Crippen molar-refractivity contribution in [1.82, 2.24) is 0 Å². The smallest absolute Gasteiger partial charge is 0.411 e. The first-order valence-corrected chi connectivity index (χ1v) is 56.8. The van der Waals surface area contributed by atoms with Gasteiger partial charge in [-0.05, 0) is 46.9 Å². The van der Waals surface area contributed by atoms with E-state index in [4.69, 9.17) is 57.6 Å². The molecule has 4 saturated heterocycles. The van der Waals surface area contributed by atoms with E-state index in [1.165, 1.54) is 0 Å². The molecule has 0 N–H and O–H groups in total. The maximum Gasteiger partial charge on any atom is 0.515 e. The Morgan fingerprint density at radius 3 is 0.441 bits per heavy atom. The fourth-order valence-electron chi connectivity index (χ4n) is 13.0. The summed E-state index contributed by atoms with van der Waals surface area (Å²) >= 11 is 0. The molecule has 4 aliphatic heterocycles. The lowest BCUT2D eigenvalue weighted by molar-refractivity contribution is 0.0499. The molecule has 0 spiro atoms. The summed E-state index contributed by atoms with van der Waals surface area (Å²) in [5.74, 6) is 0. The summed E-state index contributed by atoms with van der Waals surface area (Å²) in [4.78, 5) is 0. The van der Waals surface area contributed by atoms with Crippen molar-refractivity contribution in [2.75, 3.05) is 0 Å². The Morgan fingerprint density at radius 2 is 0.294 bits per heavy atom. The molecule has 0 aromatic heterocycles.